The zero-order valence-electron chi connectivity index (χ0n) is 11.7. The Hall–Kier alpha value is -1.12. The maximum Gasteiger partial charge on any atom is 0.407 e. The average Bonchev–Trinajstić information content (AvgIpc) is 3.06. The predicted molar refractivity (Wildman–Crippen MR) is 90.4 cm³/mol. The summed E-state index contributed by atoms with van der Waals surface area (Å²) in [6.45, 7) is 7.04. The number of rotatable bonds is 6. The summed E-state index contributed by atoms with van der Waals surface area (Å²) in [5.74, 6) is 7.30. The number of furan rings is 1. The highest BCUT2D eigenvalue weighted by molar-refractivity contribution is 7.13. The molecule has 0 aliphatic heterocycles. The van der Waals surface area contributed by atoms with E-state index in [0.29, 0.717) is 12.3 Å². The summed E-state index contributed by atoms with van der Waals surface area (Å²) in [7, 11) is 0. The number of aromatic nitrogens is 1. The molecule has 0 aliphatic rings. The summed E-state index contributed by atoms with van der Waals surface area (Å²) >= 11 is 1.46. The molecule has 0 radical (unpaired) electrons. The topological polar surface area (TPSA) is 84.3 Å². The highest BCUT2D eigenvalue weighted by Crippen LogP contribution is 2.27. The van der Waals surface area contributed by atoms with Crippen LogP contribution >= 0.6 is 36.2 Å². The van der Waals surface area contributed by atoms with E-state index >= 15 is 0 Å². The largest absolute Gasteiger partial charge is 0.456 e. The number of hydrazone groups is 1. The Labute approximate surface area is 140 Å². The molecule has 0 saturated carbocycles. The van der Waals surface area contributed by atoms with E-state index in [0.717, 1.165) is 29.6 Å². The molecule has 6 nitrogen and oxygen atoms in total. The SMILES string of the molecule is C=[N+](c1nc(-c2ccc(CN)o2)cs1)N(N)CCC.Cl.Cl. The van der Waals surface area contributed by atoms with Crippen molar-refractivity contribution >= 4 is 48.0 Å². The predicted octanol–water partition coefficient (Wildman–Crippen LogP) is 2.55. The highest BCUT2D eigenvalue weighted by Gasteiger charge is 2.20. The molecule has 0 bridgehead atoms. The third-order valence-electron chi connectivity index (χ3n) is 2.59. The van der Waals surface area contributed by atoms with Crippen molar-refractivity contribution < 1.29 is 9.10 Å². The lowest BCUT2D eigenvalue weighted by molar-refractivity contribution is -0.619. The number of thiazole rings is 1. The van der Waals surface area contributed by atoms with Crippen LogP contribution in [0.25, 0.3) is 11.5 Å². The molecular weight excluding hydrogens is 333 g/mol. The third kappa shape index (κ3) is 4.69. The summed E-state index contributed by atoms with van der Waals surface area (Å²) in [5.41, 5.74) is 6.28. The number of halogens is 2. The van der Waals surface area contributed by atoms with Gasteiger partial charge in [0.05, 0.1) is 25.2 Å². The Bertz CT molecular complexity index is 572. The van der Waals surface area contributed by atoms with Gasteiger partial charge in [-0.25, -0.2) is 5.84 Å². The van der Waals surface area contributed by atoms with Gasteiger partial charge in [0.2, 0.25) is 5.69 Å². The molecular formula is C12H20Cl2N5OS+. The number of nitrogens with zero attached hydrogens (tertiary/aromatic N) is 3. The standard InChI is InChI=1S/C12H18N5OS.2ClH/c1-3-6-17(14)16(2)12-15-10(8-19-12)11-5-4-9(7-13)18-11;;/h4-5,8H,2-3,6-7,13-14H2,1H3;2*1H/q+1;;. The normalized spacial score (nSPS) is 9.67. The lowest BCUT2D eigenvalue weighted by Gasteiger charge is -2.13. The molecule has 118 valence electrons. The molecule has 0 saturated heterocycles. The first kappa shape index (κ1) is 19.9. The zero-order valence-corrected chi connectivity index (χ0v) is 14.1. The van der Waals surface area contributed by atoms with Crippen molar-refractivity contribution in [2.75, 3.05) is 6.54 Å². The van der Waals surface area contributed by atoms with Crippen molar-refractivity contribution in [3.05, 3.63) is 23.3 Å². The fraction of sp³-hybridized carbons (Fsp3) is 0.333. The van der Waals surface area contributed by atoms with Crippen LogP contribution in [-0.4, -0.2) is 28.0 Å². The highest BCUT2D eigenvalue weighted by atomic mass is 35.5. The number of hydrogen-bond donors (Lipinski definition) is 2. The van der Waals surface area contributed by atoms with Crippen LogP contribution < -0.4 is 11.6 Å². The van der Waals surface area contributed by atoms with Crippen molar-refractivity contribution in [1.29, 1.82) is 0 Å². The number of hydrazine groups is 2. The van der Waals surface area contributed by atoms with Crippen molar-refractivity contribution in [2.24, 2.45) is 11.6 Å². The first-order valence-corrected chi connectivity index (χ1v) is 6.91. The number of hydrogen-bond acceptors (Lipinski definition) is 6. The van der Waals surface area contributed by atoms with Gasteiger partial charge in [0.15, 0.2) is 5.76 Å². The van der Waals surface area contributed by atoms with Gasteiger partial charge in [0, 0.05) is 0 Å². The second-order valence-corrected chi connectivity index (χ2v) is 4.88. The van der Waals surface area contributed by atoms with Crippen LogP contribution in [0.15, 0.2) is 21.9 Å². The van der Waals surface area contributed by atoms with Crippen molar-refractivity contribution in [3.63, 3.8) is 0 Å². The van der Waals surface area contributed by atoms with Gasteiger partial charge in [-0.1, -0.05) is 6.92 Å². The molecule has 0 aliphatic carbocycles. The molecule has 0 fully saturated rings. The van der Waals surface area contributed by atoms with E-state index < -0.39 is 0 Å². The summed E-state index contributed by atoms with van der Waals surface area (Å²) < 4.78 is 7.14. The van der Waals surface area contributed by atoms with E-state index in [1.165, 1.54) is 16.5 Å². The van der Waals surface area contributed by atoms with Crippen molar-refractivity contribution in [2.45, 2.75) is 19.9 Å². The maximum atomic E-state index is 5.86. The van der Waals surface area contributed by atoms with Gasteiger partial charge in [0.1, 0.15) is 5.76 Å². The Balaban J connectivity index is 0.00000200. The van der Waals surface area contributed by atoms with Crippen LogP contribution in [0.1, 0.15) is 19.1 Å². The first-order valence-electron chi connectivity index (χ1n) is 6.03. The molecule has 2 rings (SSSR count). The fourth-order valence-corrected chi connectivity index (χ4v) is 2.34. The van der Waals surface area contributed by atoms with E-state index in [-0.39, 0.29) is 24.8 Å². The van der Waals surface area contributed by atoms with Crippen molar-refractivity contribution in [1.82, 2.24) is 10.1 Å². The molecule has 2 heterocycles. The molecule has 4 N–H and O–H groups in total. The Morgan fingerprint density at radius 3 is 2.71 bits per heavy atom. The summed E-state index contributed by atoms with van der Waals surface area (Å²) in [6.07, 6.45) is 0.943. The summed E-state index contributed by atoms with van der Waals surface area (Å²) in [5, 5.41) is 4.17. The molecule has 0 unspecified atom stereocenters. The maximum absolute atomic E-state index is 5.86. The van der Waals surface area contributed by atoms with Crippen molar-refractivity contribution in [3.8, 4) is 11.5 Å². The number of nitrogens with two attached hydrogens (primary N) is 2. The third-order valence-corrected chi connectivity index (χ3v) is 3.44. The van der Waals surface area contributed by atoms with Crippen LogP contribution in [0.4, 0.5) is 5.13 Å². The van der Waals surface area contributed by atoms with Gasteiger partial charge in [-0.05, 0) is 34.9 Å². The molecule has 0 atom stereocenters. The van der Waals surface area contributed by atoms with E-state index in [1.54, 1.807) is 4.68 Å². The molecule has 21 heavy (non-hydrogen) atoms. The van der Waals surface area contributed by atoms with Gasteiger partial charge in [-0.15, -0.1) is 29.5 Å². The fourth-order valence-electron chi connectivity index (χ4n) is 1.58. The summed E-state index contributed by atoms with van der Waals surface area (Å²) in [6, 6.07) is 3.71. The molecule has 0 amide bonds. The van der Waals surface area contributed by atoms with Crippen LogP contribution in [0, 0.1) is 0 Å². The van der Waals surface area contributed by atoms with Gasteiger partial charge in [-0.2, -0.15) is 5.12 Å². The van der Waals surface area contributed by atoms with E-state index in [2.05, 4.69) is 18.6 Å². The van der Waals surface area contributed by atoms with Gasteiger partial charge >= 0.3 is 5.13 Å². The second kappa shape index (κ2) is 9.01. The molecule has 0 spiro atoms. The average molecular weight is 353 g/mol. The zero-order chi connectivity index (χ0) is 13.8. The molecule has 2 aromatic heterocycles. The summed E-state index contributed by atoms with van der Waals surface area (Å²) in [4.78, 5) is 4.46. The quantitative estimate of drug-likeness (QED) is 0.361. The first-order chi connectivity index (χ1) is 9.15. The van der Waals surface area contributed by atoms with Gasteiger partial charge in [0.25, 0.3) is 0 Å². The Morgan fingerprint density at radius 2 is 2.14 bits per heavy atom. The Morgan fingerprint density at radius 1 is 1.43 bits per heavy atom. The minimum Gasteiger partial charge on any atom is -0.456 e. The minimum atomic E-state index is 0. The van der Waals surface area contributed by atoms with Crippen LogP contribution in [0.5, 0.6) is 0 Å². The van der Waals surface area contributed by atoms with Crippen LogP contribution in [0.2, 0.25) is 0 Å². The van der Waals surface area contributed by atoms with Crippen LogP contribution in [-0.2, 0) is 6.54 Å². The molecule has 0 aromatic carbocycles. The van der Waals surface area contributed by atoms with E-state index in [4.69, 9.17) is 16.0 Å². The molecule has 9 heteroatoms. The second-order valence-electron chi connectivity index (χ2n) is 4.05. The van der Waals surface area contributed by atoms with Crippen LogP contribution in [0.3, 0.4) is 0 Å². The van der Waals surface area contributed by atoms with E-state index in [1.807, 2.05) is 17.5 Å². The minimum absolute atomic E-state index is 0. The van der Waals surface area contributed by atoms with E-state index in [9.17, 15) is 0 Å². The monoisotopic (exact) mass is 352 g/mol. The lowest BCUT2D eigenvalue weighted by atomic mass is 10.3. The Kier molecular flexibility index (Phi) is 8.53. The lowest BCUT2D eigenvalue weighted by Crippen LogP contribution is -2.38. The van der Waals surface area contributed by atoms with Gasteiger partial charge in [-0.3, -0.25) is 0 Å². The molecule has 2 aromatic rings. The van der Waals surface area contributed by atoms with Gasteiger partial charge < -0.3 is 10.2 Å². The smallest absolute Gasteiger partial charge is 0.407 e.